The third-order valence-electron chi connectivity index (χ3n) is 10.4. The van der Waals surface area contributed by atoms with Crippen LogP contribution in [0.25, 0.3) is 10.4 Å². The normalized spacial score (nSPS) is 21.4. The van der Waals surface area contributed by atoms with Gasteiger partial charge >= 0.3 is 6.09 Å². The largest absolute Gasteiger partial charge is 0.472 e. The van der Waals surface area contributed by atoms with Crippen molar-refractivity contribution in [3.05, 3.63) is 52.9 Å². The van der Waals surface area contributed by atoms with Crippen molar-refractivity contribution in [1.29, 1.82) is 0 Å². The molecule has 0 bridgehead atoms. The molecule has 3 aromatic rings. The minimum atomic E-state index is -0.607. The van der Waals surface area contributed by atoms with Crippen LogP contribution in [-0.2, 0) is 14.3 Å². The molecule has 3 amide bonds. The lowest BCUT2D eigenvalue weighted by Gasteiger charge is -2.31. The molecule has 5 heterocycles. The van der Waals surface area contributed by atoms with Gasteiger partial charge in [0.1, 0.15) is 24.7 Å². The van der Waals surface area contributed by atoms with Gasteiger partial charge in [-0.25, -0.2) is 9.78 Å². The monoisotopic (exact) mass is 706 g/mol. The number of carbonyl (C=O) groups excluding carboxylic acids is 3. The second kappa shape index (κ2) is 15.9. The number of likely N-dealkylation sites (tertiary alicyclic amines) is 3. The summed E-state index contributed by atoms with van der Waals surface area (Å²) in [4.78, 5) is 51.4. The second-order valence-electron chi connectivity index (χ2n) is 14.3. The van der Waals surface area contributed by atoms with Crippen LogP contribution < -0.4 is 10.1 Å². The third kappa shape index (κ3) is 8.15. The molecule has 3 aliphatic heterocycles. The Balaban J connectivity index is 1.01. The predicted molar refractivity (Wildman–Crippen MR) is 190 cm³/mol. The van der Waals surface area contributed by atoms with Crippen LogP contribution in [-0.4, -0.2) is 101 Å². The topological polar surface area (TPSA) is 130 Å². The lowest BCUT2D eigenvalue weighted by molar-refractivity contribution is -0.141. The Bertz CT molecular complexity index is 1620. The number of carbonyl (C=O) groups is 3. The maximum absolute atomic E-state index is 14.1. The van der Waals surface area contributed by atoms with Crippen molar-refractivity contribution in [2.45, 2.75) is 96.4 Å². The first-order valence-electron chi connectivity index (χ1n) is 18.0. The van der Waals surface area contributed by atoms with Crippen LogP contribution >= 0.6 is 11.3 Å². The molecule has 0 spiro atoms. The Labute approximate surface area is 298 Å². The van der Waals surface area contributed by atoms with E-state index in [1.807, 2.05) is 45.3 Å². The van der Waals surface area contributed by atoms with Gasteiger partial charge in [0.2, 0.25) is 11.8 Å². The number of aromatic nitrogens is 2. The van der Waals surface area contributed by atoms with E-state index in [0.29, 0.717) is 63.2 Å². The number of nitrogens with zero attached hydrogens (tertiary/aromatic N) is 5. The highest BCUT2D eigenvalue weighted by Crippen LogP contribution is 2.33. The van der Waals surface area contributed by atoms with E-state index in [1.54, 1.807) is 27.2 Å². The summed E-state index contributed by atoms with van der Waals surface area (Å²) in [7, 11) is 2.07. The zero-order valence-corrected chi connectivity index (χ0v) is 30.6. The predicted octanol–water partition coefficient (Wildman–Crippen LogP) is 5.79. The van der Waals surface area contributed by atoms with Gasteiger partial charge in [-0.3, -0.25) is 9.59 Å². The molecule has 4 atom stereocenters. The SMILES string of the molecule is Cc1ncsc1-c1ccc(C(C)NC(=O)C2CCCN2C(=O)C(c2cc(OC3CCN(C(=O)OCC4CCCN4C)CC3)no2)C(C)C)cc1. The van der Waals surface area contributed by atoms with Crippen LogP contribution in [0.2, 0.25) is 0 Å². The highest BCUT2D eigenvalue weighted by atomic mass is 32.1. The fourth-order valence-electron chi connectivity index (χ4n) is 7.36. The molecule has 13 heteroatoms. The molecule has 0 aliphatic carbocycles. The smallest absolute Gasteiger partial charge is 0.409 e. The minimum Gasteiger partial charge on any atom is -0.472 e. The Morgan fingerprint density at radius 3 is 2.42 bits per heavy atom. The van der Waals surface area contributed by atoms with Gasteiger partial charge in [-0.1, -0.05) is 38.1 Å². The number of hydrogen-bond acceptors (Lipinski definition) is 10. The van der Waals surface area contributed by atoms with Crippen molar-refractivity contribution in [2.75, 3.05) is 39.8 Å². The van der Waals surface area contributed by atoms with Crippen LogP contribution in [0.15, 0.2) is 40.4 Å². The lowest BCUT2D eigenvalue weighted by Crippen LogP contribution is -2.48. The lowest BCUT2D eigenvalue weighted by atomic mass is 9.91. The van der Waals surface area contributed by atoms with Crippen LogP contribution in [0.5, 0.6) is 5.88 Å². The van der Waals surface area contributed by atoms with E-state index in [0.717, 1.165) is 47.5 Å². The third-order valence-corrected chi connectivity index (χ3v) is 11.4. The molecule has 1 aromatic carbocycles. The summed E-state index contributed by atoms with van der Waals surface area (Å²) >= 11 is 1.61. The fraction of sp³-hybridized carbons (Fsp3) is 0.595. The van der Waals surface area contributed by atoms with Crippen molar-refractivity contribution in [3.8, 4) is 16.3 Å². The first-order valence-corrected chi connectivity index (χ1v) is 18.8. The number of rotatable bonds is 11. The van der Waals surface area contributed by atoms with Crippen LogP contribution in [0.1, 0.15) is 88.3 Å². The number of piperidine rings is 1. The summed E-state index contributed by atoms with van der Waals surface area (Å²) in [6.07, 6.45) is 4.43. The summed E-state index contributed by atoms with van der Waals surface area (Å²) in [6.45, 7) is 11.0. The highest BCUT2D eigenvalue weighted by molar-refractivity contribution is 7.13. The number of amides is 3. The second-order valence-corrected chi connectivity index (χ2v) is 15.1. The molecule has 4 unspecified atom stereocenters. The number of thiazole rings is 1. The summed E-state index contributed by atoms with van der Waals surface area (Å²) in [5, 5.41) is 7.30. The van der Waals surface area contributed by atoms with Gasteiger partial charge in [-0.15, -0.1) is 11.3 Å². The Morgan fingerprint density at radius 1 is 1.02 bits per heavy atom. The Kier molecular flexibility index (Phi) is 11.4. The average molecular weight is 707 g/mol. The number of aryl methyl sites for hydroxylation is 1. The van der Waals surface area contributed by atoms with Crippen molar-refractivity contribution in [2.24, 2.45) is 5.92 Å². The van der Waals surface area contributed by atoms with Gasteiger partial charge in [-0.05, 0) is 75.3 Å². The molecule has 6 rings (SSSR count). The molecular weight excluding hydrogens is 657 g/mol. The Hall–Kier alpha value is -3.97. The summed E-state index contributed by atoms with van der Waals surface area (Å²) in [5.41, 5.74) is 4.94. The molecule has 0 radical (unpaired) electrons. The molecule has 1 N–H and O–H groups in total. The number of nitrogens with one attached hydrogen (secondary N) is 1. The van der Waals surface area contributed by atoms with Gasteiger partial charge in [-0.2, -0.15) is 0 Å². The van der Waals surface area contributed by atoms with Crippen molar-refractivity contribution in [1.82, 2.24) is 30.2 Å². The Morgan fingerprint density at radius 2 is 1.76 bits per heavy atom. The fourth-order valence-corrected chi connectivity index (χ4v) is 8.17. The van der Waals surface area contributed by atoms with Crippen molar-refractivity contribution >= 4 is 29.2 Å². The first kappa shape index (κ1) is 35.8. The zero-order chi connectivity index (χ0) is 35.4. The van der Waals surface area contributed by atoms with Gasteiger partial charge in [0.15, 0.2) is 5.76 Å². The van der Waals surface area contributed by atoms with E-state index in [1.165, 1.54) is 0 Å². The van der Waals surface area contributed by atoms with E-state index >= 15 is 0 Å². The number of hydrogen-bond donors (Lipinski definition) is 1. The van der Waals surface area contributed by atoms with Crippen LogP contribution in [0.4, 0.5) is 4.79 Å². The molecule has 270 valence electrons. The standard InChI is InChI=1S/C37H50N6O6S/c1-23(2)33(31-20-32(40-49-31)48-29-14-18-42(19-15-29)37(46)47-21-28-8-6-16-41(28)5)36(45)43-17-7-9-30(43)35(44)39-24(3)26-10-12-27(13-11-26)34-25(4)38-22-50-34/h10-13,20,22-24,28-30,33H,6-9,14-19,21H2,1-5H3,(H,39,44). The van der Waals surface area contributed by atoms with Gasteiger partial charge in [0.05, 0.1) is 22.1 Å². The molecule has 0 saturated carbocycles. The zero-order valence-electron chi connectivity index (χ0n) is 29.8. The van der Waals surface area contributed by atoms with E-state index in [-0.39, 0.29) is 36.0 Å². The maximum atomic E-state index is 14.1. The van der Waals surface area contributed by atoms with E-state index in [4.69, 9.17) is 14.0 Å². The maximum Gasteiger partial charge on any atom is 0.409 e. The van der Waals surface area contributed by atoms with Crippen LogP contribution in [0.3, 0.4) is 0 Å². The van der Waals surface area contributed by atoms with E-state index < -0.39 is 12.0 Å². The number of ether oxygens (including phenoxy) is 2. The molecular formula is C37H50N6O6S. The van der Waals surface area contributed by atoms with Gasteiger partial charge in [0, 0.05) is 44.6 Å². The van der Waals surface area contributed by atoms with E-state index in [2.05, 4.69) is 39.5 Å². The number of benzene rings is 1. The molecule has 50 heavy (non-hydrogen) atoms. The van der Waals surface area contributed by atoms with Gasteiger partial charge in [0.25, 0.3) is 5.88 Å². The highest BCUT2D eigenvalue weighted by Gasteiger charge is 2.40. The molecule has 3 aliphatic rings. The van der Waals surface area contributed by atoms with Crippen molar-refractivity contribution in [3.63, 3.8) is 0 Å². The minimum absolute atomic E-state index is 0.0921. The number of likely N-dealkylation sites (N-methyl/N-ethyl adjacent to an activating group) is 1. The summed E-state index contributed by atoms with van der Waals surface area (Å²) in [5.74, 6) is -0.253. The first-order chi connectivity index (χ1) is 24.1. The molecule has 2 aromatic heterocycles. The summed E-state index contributed by atoms with van der Waals surface area (Å²) in [6, 6.07) is 9.40. The van der Waals surface area contributed by atoms with E-state index in [9.17, 15) is 14.4 Å². The van der Waals surface area contributed by atoms with Crippen LogP contribution in [0, 0.1) is 12.8 Å². The molecule has 3 fully saturated rings. The van der Waals surface area contributed by atoms with Crippen molar-refractivity contribution < 1.29 is 28.4 Å². The molecule has 3 saturated heterocycles. The average Bonchev–Trinajstić information content (AvgIpc) is 3.93. The molecule has 12 nitrogen and oxygen atoms in total. The quantitative estimate of drug-likeness (QED) is 0.263. The van der Waals surface area contributed by atoms with Gasteiger partial charge < -0.3 is 34.0 Å². The summed E-state index contributed by atoms with van der Waals surface area (Å²) < 4.78 is 17.5.